The number of hydrogen-bond acceptors (Lipinski definition) is 5. The molecule has 1 aliphatic carbocycles. The summed E-state index contributed by atoms with van der Waals surface area (Å²) < 4.78 is 1.71. The number of nitriles is 2. The molecule has 0 aromatic carbocycles. The summed E-state index contributed by atoms with van der Waals surface area (Å²) in [5.74, 6) is 0.182. The van der Waals surface area contributed by atoms with Crippen LogP contribution >= 0.6 is 0 Å². The molecule has 2 unspecified atom stereocenters. The first-order valence-electron chi connectivity index (χ1n) is 6.09. The normalized spacial score (nSPS) is 27.1. The Morgan fingerprint density at radius 2 is 2.33 bits per heavy atom. The van der Waals surface area contributed by atoms with E-state index >= 15 is 0 Å². The highest BCUT2D eigenvalue weighted by atomic mass is 15.3. The lowest BCUT2D eigenvalue weighted by atomic mass is 9.98. The third kappa shape index (κ3) is 2.34. The van der Waals surface area contributed by atoms with Crippen molar-refractivity contribution in [3.05, 3.63) is 12.2 Å². The van der Waals surface area contributed by atoms with Crippen molar-refractivity contribution in [2.24, 2.45) is 0 Å². The van der Waals surface area contributed by atoms with Crippen LogP contribution in [0.4, 0.5) is 0 Å². The molecule has 2 atom stereocenters. The maximum absolute atomic E-state index is 9.37. The Morgan fingerprint density at radius 1 is 1.56 bits per heavy atom. The molecule has 6 heteroatoms. The number of nitrogens with one attached hydrogen (secondary N) is 1. The van der Waals surface area contributed by atoms with Crippen molar-refractivity contribution in [2.75, 3.05) is 0 Å². The van der Waals surface area contributed by atoms with Crippen molar-refractivity contribution < 1.29 is 0 Å². The second-order valence-corrected chi connectivity index (χ2v) is 5.05. The Morgan fingerprint density at radius 3 is 2.89 bits per heavy atom. The zero-order valence-electron chi connectivity index (χ0n) is 10.6. The van der Waals surface area contributed by atoms with E-state index < -0.39 is 5.54 Å². The molecule has 0 amide bonds. The topological polar surface area (TPSA) is 90.3 Å². The molecule has 0 aliphatic heterocycles. The van der Waals surface area contributed by atoms with Crippen LogP contribution < -0.4 is 5.32 Å². The summed E-state index contributed by atoms with van der Waals surface area (Å²) in [5.41, 5.74) is -0.475. The van der Waals surface area contributed by atoms with Gasteiger partial charge in [-0.3, -0.25) is 5.32 Å². The molecule has 94 valence electrons. The molecule has 0 bridgehead atoms. The molecule has 0 radical (unpaired) electrons. The van der Waals surface area contributed by atoms with E-state index in [1.54, 1.807) is 11.0 Å². The van der Waals surface area contributed by atoms with Gasteiger partial charge in [0.05, 0.1) is 12.1 Å². The third-order valence-corrected chi connectivity index (χ3v) is 3.25. The SMILES string of the molecule is CC(C)NC1(C#N)CCC(n2cnc(C#N)n2)C1. The van der Waals surface area contributed by atoms with Gasteiger partial charge in [0, 0.05) is 12.5 Å². The standard InChI is InChI=1S/C12H16N6/c1-9(2)16-12(7-14)4-3-10(5-12)18-8-15-11(6-13)17-18/h8-10,16H,3-5H2,1-2H3. The van der Waals surface area contributed by atoms with Crippen LogP contribution in [0.25, 0.3) is 0 Å². The highest BCUT2D eigenvalue weighted by Crippen LogP contribution is 2.37. The largest absolute Gasteiger partial charge is 0.297 e. The molecule has 0 saturated heterocycles. The zero-order valence-corrected chi connectivity index (χ0v) is 10.6. The van der Waals surface area contributed by atoms with Crippen molar-refractivity contribution in [1.29, 1.82) is 10.5 Å². The third-order valence-electron chi connectivity index (χ3n) is 3.25. The summed E-state index contributed by atoms with van der Waals surface area (Å²) in [4.78, 5) is 3.90. The van der Waals surface area contributed by atoms with Gasteiger partial charge in [-0.25, -0.2) is 9.67 Å². The molecule has 18 heavy (non-hydrogen) atoms. The summed E-state index contributed by atoms with van der Waals surface area (Å²) in [7, 11) is 0. The van der Waals surface area contributed by atoms with Gasteiger partial charge >= 0.3 is 0 Å². The van der Waals surface area contributed by atoms with Gasteiger partial charge < -0.3 is 0 Å². The fourth-order valence-electron chi connectivity index (χ4n) is 2.56. The smallest absolute Gasteiger partial charge is 0.252 e. The second-order valence-electron chi connectivity index (χ2n) is 5.05. The molecule has 1 aromatic rings. The van der Waals surface area contributed by atoms with Gasteiger partial charge in [0.15, 0.2) is 0 Å². The Bertz CT molecular complexity index is 505. The number of nitrogens with zero attached hydrogens (tertiary/aromatic N) is 5. The summed E-state index contributed by atoms with van der Waals surface area (Å²) in [5, 5.41) is 25.5. The Labute approximate surface area is 106 Å². The molecular weight excluding hydrogens is 228 g/mol. The highest BCUT2D eigenvalue weighted by molar-refractivity contribution is 5.13. The maximum atomic E-state index is 9.37. The molecule has 6 nitrogen and oxygen atoms in total. The van der Waals surface area contributed by atoms with E-state index in [9.17, 15) is 5.26 Å². The Balaban J connectivity index is 2.12. The van der Waals surface area contributed by atoms with Crippen LogP contribution in [-0.2, 0) is 0 Å². The number of aromatic nitrogens is 3. The van der Waals surface area contributed by atoms with Crippen molar-refractivity contribution >= 4 is 0 Å². The van der Waals surface area contributed by atoms with E-state index in [2.05, 4.69) is 21.5 Å². The molecule has 1 fully saturated rings. The van der Waals surface area contributed by atoms with Crippen LogP contribution in [0.2, 0.25) is 0 Å². The lowest BCUT2D eigenvalue weighted by molar-refractivity contribution is 0.361. The molecular formula is C12H16N6. The van der Waals surface area contributed by atoms with Crippen LogP contribution in [-0.4, -0.2) is 26.3 Å². The lowest BCUT2D eigenvalue weighted by Gasteiger charge is -2.25. The van der Waals surface area contributed by atoms with Gasteiger partial charge in [-0.1, -0.05) is 0 Å². The second kappa shape index (κ2) is 4.75. The van der Waals surface area contributed by atoms with Crippen molar-refractivity contribution in [3.63, 3.8) is 0 Å². The van der Waals surface area contributed by atoms with Crippen molar-refractivity contribution in [1.82, 2.24) is 20.1 Å². The summed E-state index contributed by atoms with van der Waals surface area (Å²) in [6.45, 7) is 4.07. The van der Waals surface area contributed by atoms with Crippen LogP contribution in [0.1, 0.15) is 45.0 Å². The first kappa shape index (κ1) is 12.5. The van der Waals surface area contributed by atoms with E-state index in [-0.39, 0.29) is 17.9 Å². The maximum Gasteiger partial charge on any atom is 0.252 e. The van der Waals surface area contributed by atoms with Crippen LogP contribution in [0.5, 0.6) is 0 Å². The Kier molecular flexibility index (Phi) is 3.31. The minimum absolute atomic E-state index is 0.144. The van der Waals surface area contributed by atoms with Gasteiger partial charge in [-0.05, 0) is 26.7 Å². The zero-order chi connectivity index (χ0) is 13.2. The van der Waals surface area contributed by atoms with E-state index in [1.165, 1.54) is 0 Å². The predicted octanol–water partition coefficient (Wildman–Crippen LogP) is 1.14. The molecule has 1 saturated carbocycles. The van der Waals surface area contributed by atoms with Gasteiger partial charge in [-0.15, -0.1) is 5.10 Å². The fourth-order valence-corrected chi connectivity index (χ4v) is 2.56. The molecule has 1 aliphatic rings. The first-order valence-corrected chi connectivity index (χ1v) is 6.09. The fraction of sp³-hybridized carbons (Fsp3) is 0.667. The predicted molar refractivity (Wildman–Crippen MR) is 64.2 cm³/mol. The van der Waals surface area contributed by atoms with Crippen LogP contribution in [0, 0.1) is 22.7 Å². The van der Waals surface area contributed by atoms with Gasteiger partial charge in [0.2, 0.25) is 0 Å². The summed E-state index contributed by atoms with van der Waals surface area (Å²) in [6, 6.07) is 4.72. The highest BCUT2D eigenvalue weighted by Gasteiger charge is 2.40. The minimum atomic E-state index is -0.475. The average Bonchev–Trinajstić information content (AvgIpc) is 2.94. The quantitative estimate of drug-likeness (QED) is 0.860. The van der Waals surface area contributed by atoms with E-state index in [4.69, 9.17) is 5.26 Å². The monoisotopic (exact) mass is 244 g/mol. The van der Waals surface area contributed by atoms with Crippen LogP contribution in [0.3, 0.4) is 0 Å². The van der Waals surface area contributed by atoms with E-state index in [1.807, 2.05) is 19.9 Å². The van der Waals surface area contributed by atoms with E-state index in [0.29, 0.717) is 6.42 Å². The molecule has 1 aromatic heterocycles. The number of rotatable bonds is 3. The van der Waals surface area contributed by atoms with Crippen molar-refractivity contribution in [3.8, 4) is 12.1 Å². The molecule has 1 heterocycles. The average molecular weight is 244 g/mol. The van der Waals surface area contributed by atoms with Crippen molar-refractivity contribution in [2.45, 2.75) is 50.7 Å². The van der Waals surface area contributed by atoms with E-state index in [0.717, 1.165) is 12.8 Å². The Hall–Kier alpha value is -1.92. The minimum Gasteiger partial charge on any atom is -0.297 e. The van der Waals surface area contributed by atoms with Crippen LogP contribution in [0.15, 0.2) is 6.33 Å². The van der Waals surface area contributed by atoms with Gasteiger partial charge in [-0.2, -0.15) is 10.5 Å². The summed E-state index contributed by atoms with van der Waals surface area (Å²) in [6.07, 6.45) is 3.96. The summed E-state index contributed by atoms with van der Waals surface area (Å²) >= 11 is 0. The lowest BCUT2D eigenvalue weighted by Crippen LogP contribution is -2.45. The number of hydrogen-bond donors (Lipinski definition) is 1. The van der Waals surface area contributed by atoms with Gasteiger partial charge in [0.25, 0.3) is 5.82 Å². The molecule has 2 rings (SSSR count). The molecule has 1 N–H and O–H groups in total. The molecule has 0 spiro atoms. The van der Waals surface area contributed by atoms with Gasteiger partial charge in [0.1, 0.15) is 17.9 Å². The first-order chi connectivity index (χ1) is 8.58.